The molecule has 0 saturated carbocycles. The molecule has 0 atom stereocenters. The maximum absolute atomic E-state index is 13.7. The van der Waals surface area contributed by atoms with E-state index < -0.39 is 5.91 Å². The molecule has 0 spiro atoms. The van der Waals surface area contributed by atoms with Crippen molar-refractivity contribution in [2.45, 2.75) is 13.5 Å². The zero-order chi connectivity index (χ0) is 23.5. The highest BCUT2D eigenvalue weighted by molar-refractivity contribution is 6.37. The van der Waals surface area contributed by atoms with E-state index in [-0.39, 0.29) is 39.9 Å². The van der Waals surface area contributed by atoms with Crippen LogP contribution in [0.3, 0.4) is 0 Å². The Labute approximate surface area is 197 Å². The van der Waals surface area contributed by atoms with Gasteiger partial charge in [0, 0.05) is 18.2 Å². The second kappa shape index (κ2) is 9.48. The van der Waals surface area contributed by atoms with Crippen molar-refractivity contribution < 1.29 is 23.6 Å². The quantitative estimate of drug-likeness (QED) is 0.350. The topological polar surface area (TPSA) is 97.5 Å². The van der Waals surface area contributed by atoms with Gasteiger partial charge in [0.05, 0.1) is 10.0 Å². The van der Waals surface area contributed by atoms with Gasteiger partial charge in [-0.15, -0.1) is 0 Å². The number of nitrogens with zero attached hydrogens (tertiary/aromatic N) is 2. The van der Waals surface area contributed by atoms with Crippen molar-refractivity contribution in [3.05, 3.63) is 87.5 Å². The Hall–Kier alpha value is -3.62. The van der Waals surface area contributed by atoms with Crippen molar-refractivity contribution in [3.63, 3.8) is 0 Å². The fourth-order valence-electron chi connectivity index (χ4n) is 2.83. The third-order valence-electron chi connectivity index (χ3n) is 4.65. The summed E-state index contributed by atoms with van der Waals surface area (Å²) in [6.45, 7) is 1.88. The van der Waals surface area contributed by atoms with Crippen molar-refractivity contribution in [2.24, 2.45) is 0 Å². The van der Waals surface area contributed by atoms with Crippen LogP contribution in [-0.2, 0) is 6.54 Å². The van der Waals surface area contributed by atoms with Crippen molar-refractivity contribution in [1.82, 2.24) is 15.5 Å². The lowest BCUT2D eigenvalue weighted by atomic mass is 10.2. The first-order chi connectivity index (χ1) is 15.8. The van der Waals surface area contributed by atoms with Crippen molar-refractivity contribution in [1.29, 1.82) is 0 Å². The van der Waals surface area contributed by atoms with E-state index in [1.807, 2.05) is 0 Å². The van der Waals surface area contributed by atoms with E-state index in [1.54, 1.807) is 43.3 Å². The smallest absolute Gasteiger partial charge is 0.316 e. The van der Waals surface area contributed by atoms with Crippen LogP contribution in [0.4, 0.5) is 4.39 Å². The van der Waals surface area contributed by atoms with Crippen LogP contribution >= 0.6 is 23.2 Å². The molecule has 0 fully saturated rings. The van der Waals surface area contributed by atoms with Gasteiger partial charge in [0.2, 0.25) is 5.82 Å². The number of aryl methyl sites for hydroxylation is 1. The predicted molar refractivity (Wildman–Crippen MR) is 120 cm³/mol. The van der Waals surface area contributed by atoms with Gasteiger partial charge in [0.25, 0.3) is 0 Å². The maximum Gasteiger partial charge on any atom is 0.316 e. The fraction of sp³-hybridized carbons (Fsp3) is 0.0870. The van der Waals surface area contributed by atoms with E-state index in [1.165, 1.54) is 18.2 Å². The summed E-state index contributed by atoms with van der Waals surface area (Å²) in [6, 6.07) is 14.4. The number of amides is 1. The summed E-state index contributed by atoms with van der Waals surface area (Å²) >= 11 is 11.8. The van der Waals surface area contributed by atoms with Gasteiger partial charge in [-0.3, -0.25) is 4.79 Å². The number of aromatic nitrogens is 2. The lowest BCUT2D eigenvalue weighted by molar-refractivity contribution is 0.0907. The summed E-state index contributed by atoms with van der Waals surface area (Å²) in [7, 11) is 0. The fourth-order valence-corrected chi connectivity index (χ4v) is 3.32. The molecule has 0 bridgehead atoms. The summed E-state index contributed by atoms with van der Waals surface area (Å²) in [5.74, 6) is -0.396. The lowest BCUT2D eigenvalue weighted by Gasteiger charge is -2.08. The van der Waals surface area contributed by atoms with Crippen LogP contribution in [0.1, 0.15) is 21.8 Å². The molecule has 0 aliphatic rings. The van der Waals surface area contributed by atoms with Crippen LogP contribution in [-0.4, -0.2) is 21.2 Å². The molecule has 10 heteroatoms. The van der Waals surface area contributed by atoms with Crippen molar-refractivity contribution >= 4 is 29.1 Å². The molecule has 4 rings (SSSR count). The standard InChI is InChI=1S/C23H16Cl2FN3O4/c1-12-2-5-16(10-19(12)26)32-15-6-3-13(4-7-15)11-27-22(31)23-28-21(29-33-23)14-8-17(24)20(30)18(25)9-14/h2-10,30H,11H2,1H3,(H,27,31). The number of ether oxygens (including phenoxy) is 1. The van der Waals surface area contributed by atoms with Crippen LogP contribution in [0.2, 0.25) is 10.0 Å². The minimum atomic E-state index is -0.569. The van der Waals surface area contributed by atoms with E-state index in [0.29, 0.717) is 22.6 Å². The molecule has 7 nitrogen and oxygen atoms in total. The number of benzene rings is 3. The van der Waals surface area contributed by atoms with Gasteiger partial charge in [-0.05, 0) is 48.4 Å². The number of carbonyl (C=O) groups is 1. The molecule has 0 aliphatic heterocycles. The summed E-state index contributed by atoms with van der Waals surface area (Å²) < 4.78 is 24.3. The van der Waals surface area contributed by atoms with E-state index in [0.717, 1.165) is 5.56 Å². The van der Waals surface area contributed by atoms with E-state index in [4.69, 9.17) is 32.5 Å². The van der Waals surface area contributed by atoms with Crippen LogP contribution in [0.25, 0.3) is 11.4 Å². The van der Waals surface area contributed by atoms with Gasteiger partial charge in [-0.2, -0.15) is 4.98 Å². The third-order valence-corrected chi connectivity index (χ3v) is 5.23. The number of halogens is 3. The Morgan fingerprint density at radius 2 is 1.76 bits per heavy atom. The second-order valence-electron chi connectivity index (χ2n) is 7.05. The number of nitrogens with one attached hydrogen (secondary N) is 1. The molecule has 168 valence electrons. The molecule has 0 unspecified atom stereocenters. The number of carbonyl (C=O) groups excluding carboxylic acids is 1. The number of hydrogen-bond donors (Lipinski definition) is 2. The van der Waals surface area contributed by atoms with Crippen molar-refractivity contribution in [3.8, 4) is 28.6 Å². The van der Waals surface area contributed by atoms with Gasteiger partial charge in [0.15, 0.2) is 5.75 Å². The van der Waals surface area contributed by atoms with Gasteiger partial charge in [0.1, 0.15) is 17.3 Å². The summed E-state index contributed by atoms with van der Waals surface area (Å²) in [5, 5.41) is 16.1. The molecule has 1 heterocycles. The largest absolute Gasteiger partial charge is 0.505 e. The van der Waals surface area contributed by atoms with Gasteiger partial charge >= 0.3 is 11.8 Å². The minimum absolute atomic E-state index is 0.0215. The first kappa shape index (κ1) is 22.6. The Kier molecular flexibility index (Phi) is 6.48. The minimum Gasteiger partial charge on any atom is -0.505 e. The number of phenols is 1. The monoisotopic (exact) mass is 487 g/mol. The maximum atomic E-state index is 13.7. The van der Waals surface area contributed by atoms with E-state index in [9.17, 15) is 14.3 Å². The first-order valence-electron chi connectivity index (χ1n) is 9.63. The zero-order valence-corrected chi connectivity index (χ0v) is 18.6. The van der Waals surface area contributed by atoms with E-state index >= 15 is 0 Å². The number of aromatic hydroxyl groups is 1. The molecule has 3 aromatic carbocycles. The predicted octanol–water partition coefficient (Wildman–Crippen LogP) is 5.92. The SMILES string of the molecule is Cc1ccc(Oc2ccc(CNC(=O)c3nc(-c4cc(Cl)c(O)c(Cl)c4)no3)cc2)cc1F. The zero-order valence-electron chi connectivity index (χ0n) is 17.1. The van der Waals surface area contributed by atoms with E-state index in [2.05, 4.69) is 15.5 Å². The van der Waals surface area contributed by atoms with Gasteiger partial charge < -0.3 is 19.7 Å². The number of hydrogen-bond acceptors (Lipinski definition) is 6. The molecule has 1 amide bonds. The highest BCUT2D eigenvalue weighted by atomic mass is 35.5. The second-order valence-corrected chi connectivity index (χ2v) is 7.87. The lowest BCUT2D eigenvalue weighted by Crippen LogP contribution is -2.23. The van der Waals surface area contributed by atoms with Crippen LogP contribution < -0.4 is 10.1 Å². The highest BCUT2D eigenvalue weighted by Crippen LogP contribution is 2.35. The summed E-state index contributed by atoms with van der Waals surface area (Å²) in [4.78, 5) is 16.4. The van der Waals surface area contributed by atoms with Gasteiger partial charge in [-0.25, -0.2) is 4.39 Å². The Balaban J connectivity index is 1.36. The normalized spacial score (nSPS) is 10.8. The molecule has 0 saturated heterocycles. The van der Waals surface area contributed by atoms with Crippen LogP contribution in [0.5, 0.6) is 17.2 Å². The molecule has 0 aliphatic carbocycles. The molecule has 2 N–H and O–H groups in total. The Morgan fingerprint density at radius 1 is 1.09 bits per heavy atom. The third kappa shape index (κ3) is 5.24. The van der Waals surface area contributed by atoms with Crippen LogP contribution in [0, 0.1) is 12.7 Å². The first-order valence-corrected chi connectivity index (χ1v) is 10.4. The Bertz CT molecular complexity index is 1300. The number of rotatable bonds is 6. The Morgan fingerprint density at radius 3 is 2.42 bits per heavy atom. The molecular weight excluding hydrogens is 472 g/mol. The number of phenolic OH excluding ortho intramolecular Hbond substituents is 1. The molecule has 1 aromatic heterocycles. The highest BCUT2D eigenvalue weighted by Gasteiger charge is 2.18. The van der Waals surface area contributed by atoms with Crippen LogP contribution in [0.15, 0.2) is 59.1 Å². The summed E-state index contributed by atoms with van der Waals surface area (Å²) in [5.41, 5.74) is 1.72. The molecular formula is C23H16Cl2FN3O4. The van der Waals surface area contributed by atoms with Crippen molar-refractivity contribution in [2.75, 3.05) is 0 Å². The van der Waals surface area contributed by atoms with Gasteiger partial charge in [-0.1, -0.05) is 46.6 Å². The average molecular weight is 488 g/mol. The molecule has 4 aromatic rings. The average Bonchev–Trinajstić information content (AvgIpc) is 3.29. The molecule has 33 heavy (non-hydrogen) atoms. The molecule has 0 radical (unpaired) electrons. The summed E-state index contributed by atoms with van der Waals surface area (Å²) in [6.07, 6.45) is 0.